The van der Waals surface area contributed by atoms with Gasteiger partial charge in [0, 0.05) is 37.5 Å². The molecule has 2 N–H and O–H groups in total. The van der Waals surface area contributed by atoms with Crippen molar-refractivity contribution in [2.75, 3.05) is 17.2 Å². The van der Waals surface area contributed by atoms with E-state index in [0.29, 0.717) is 17.8 Å². The average molecular weight is 287 g/mol. The van der Waals surface area contributed by atoms with E-state index >= 15 is 0 Å². The van der Waals surface area contributed by atoms with Gasteiger partial charge in [0.15, 0.2) is 0 Å². The van der Waals surface area contributed by atoms with Gasteiger partial charge in [0.1, 0.15) is 11.5 Å². The molecule has 0 aromatic carbocycles. The van der Waals surface area contributed by atoms with Crippen LogP contribution in [0.1, 0.15) is 23.7 Å². The van der Waals surface area contributed by atoms with Gasteiger partial charge in [-0.1, -0.05) is 0 Å². The van der Waals surface area contributed by atoms with Crippen LogP contribution in [0.4, 0.5) is 11.5 Å². The van der Waals surface area contributed by atoms with Gasteiger partial charge >= 0.3 is 0 Å². The Kier molecular flexibility index (Phi) is 3.47. The van der Waals surface area contributed by atoms with Crippen LogP contribution in [-0.2, 0) is 13.1 Å². The van der Waals surface area contributed by atoms with Crippen molar-refractivity contribution in [1.82, 2.24) is 14.3 Å². The molecule has 2 aromatic heterocycles. The van der Waals surface area contributed by atoms with Gasteiger partial charge < -0.3 is 15.2 Å². The molecule has 7 nitrogen and oxygen atoms in total. The van der Waals surface area contributed by atoms with Gasteiger partial charge in [-0.15, -0.1) is 0 Å². The average Bonchev–Trinajstić information content (AvgIpc) is 2.90. The van der Waals surface area contributed by atoms with E-state index in [1.165, 1.54) is 6.07 Å². The lowest BCUT2D eigenvalue weighted by Crippen LogP contribution is -2.22. The summed E-state index contributed by atoms with van der Waals surface area (Å²) in [6, 6.07) is 2.99. The summed E-state index contributed by atoms with van der Waals surface area (Å²) in [6.45, 7) is 4.17. The van der Waals surface area contributed by atoms with Crippen molar-refractivity contribution in [1.29, 1.82) is 0 Å². The smallest absolute Gasteiger partial charge is 0.256 e. The number of aryl methyl sites for hydroxylation is 2. The molecule has 1 aliphatic rings. The second kappa shape index (κ2) is 5.43. The molecule has 0 bridgehead atoms. The van der Waals surface area contributed by atoms with E-state index in [4.69, 9.17) is 0 Å². The maximum absolute atomic E-state index is 12.2. The molecule has 0 fully saturated rings. The Morgan fingerprint density at radius 2 is 2.38 bits per heavy atom. The molecule has 1 aliphatic heterocycles. The number of pyridine rings is 1. The first-order chi connectivity index (χ1) is 10.2. The Bertz CT molecular complexity index is 731. The number of anilines is 2. The summed E-state index contributed by atoms with van der Waals surface area (Å²) in [6.07, 6.45) is 4.26. The Labute approximate surface area is 121 Å². The SMILES string of the molecule is CCn1ccc(C(=O)Nc2cnn3c2NCCC3)cc1=O. The predicted octanol–water partition coefficient (Wildman–Crippen LogP) is 1.13. The molecule has 0 saturated carbocycles. The highest BCUT2D eigenvalue weighted by atomic mass is 16.2. The number of amides is 1. The number of rotatable bonds is 3. The zero-order chi connectivity index (χ0) is 14.8. The molecule has 0 atom stereocenters. The van der Waals surface area contributed by atoms with Gasteiger partial charge in [0.25, 0.3) is 11.5 Å². The van der Waals surface area contributed by atoms with Crippen LogP contribution in [0.2, 0.25) is 0 Å². The number of nitrogens with zero attached hydrogens (tertiary/aromatic N) is 3. The van der Waals surface area contributed by atoms with Crippen molar-refractivity contribution < 1.29 is 4.79 Å². The molecular weight excluding hydrogens is 270 g/mol. The third-order valence-corrected chi connectivity index (χ3v) is 3.53. The largest absolute Gasteiger partial charge is 0.368 e. The predicted molar refractivity (Wildman–Crippen MR) is 79.7 cm³/mol. The van der Waals surface area contributed by atoms with Crippen LogP contribution in [0.15, 0.2) is 29.3 Å². The summed E-state index contributed by atoms with van der Waals surface area (Å²) >= 11 is 0. The number of aromatic nitrogens is 3. The lowest BCUT2D eigenvalue weighted by atomic mass is 10.2. The second-order valence-electron chi connectivity index (χ2n) is 4.90. The normalized spacial score (nSPS) is 13.4. The van der Waals surface area contributed by atoms with Crippen LogP contribution < -0.4 is 16.2 Å². The third-order valence-electron chi connectivity index (χ3n) is 3.53. The quantitative estimate of drug-likeness (QED) is 0.887. The zero-order valence-electron chi connectivity index (χ0n) is 11.8. The molecule has 7 heteroatoms. The fourth-order valence-electron chi connectivity index (χ4n) is 2.37. The summed E-state index contributed by atoms with van der Waals surface area (Å²) in [4.78, 5) is 24.0. The molecule has 110 valence electrons. The first-order valence-corrected chi connectivity index (χ1v) is 7.00. The van der Waals surface area contributed by atoms with Crippen LogP contribution in [0.25, 0.3) is 0 Å². The molecule has 1 amide bonds. The van der Waals surface area contributed by atoms with E-state index < -0.39 is 0 Å². The maximum atomic E-state index is 12.2. The van der Waals surface area contributed by atoms with Crippen molar-refractivity contribution in [3.05, 3.63) is 40.4 Å². The standard InChI is InChI=1S/C14H17N5O2/c1-2-18-7-4-10(8-12(18)20)14(21)17-11-9-16-19-6-3-5-15-13(11)19/h4,7-9,15H,2-3,5-6H2,1H3,(H,17,21). The zero-order valence-corrected chi connectivity index (χ0v) is 11.8. The van der Waals surface area contributed by atoms with Gasteiger partial charge in [-0.25, -0.2) is 4.68 Å². The van der Waals surface area contributed by atoms with Crippen molar-refractivity contribution in [3.8, 4) is 0 Å². The summed E-state index contributed by atoms with van der Waals surface area (Å²) in [5.74, 6) is 0.509. The van der Waals surface area contributed by atoms with Gasteiger partial charge in [0.05, 0.1) is 6.20 Å². The van der Waals surface area contributed by atoms with E-state index in [2.05, 4.69) is 15.7 Å². The number of nitrogens with one attached hydrogen (secondary N) is 2. The van der Waals surface area contributed by atoms with E-state index in [1.54, 1.807) is 23.0 Å². The molecule has 0 unspecified atom stereocenters. The molecule has 21 heavy (non-hydrogen) atoms. The van der Waals surface area contributed by atoms with Crippen molar-refractivity contribution in [2.45, 2.75) is 26.4 Å². The van der Waals surface area contributed by atoms with Crippen LogP contribution in [0.3, 0.4) is 0 Å². The first-order valence-electron chi connectivity index (χ1n) is 7.00. The van der Waals surface area contributed by atoms with Gasteiger partial charge in [-0.05, 0) is 19.4 Å². The van der Waals surface area contributed by atoms with E-state index in [0.717, 1.165) is 25.3 Å². The van der Waals surface area contributed by atoms with Crippen molar-refractivity contribution in [3.63, 3.8) is 0 Å². The fraction of sp³-hybridized carbons (Fsp3) is 0.357. The van der Waals surface area contributed by atoms with E-state index in [9.17, 15) is 9.59 Å². The van der Waals surface area contributed by atoms with Gasteiger partial charge in [-0.2, -0.15) is 5.10 Å². The number of carbonyl (C=O) groups excluding carboxylic acids is 1. The van der Waals surface area contributed by atoms with Crippen LogP contribution >= 0.6 is 0 Å². The van der Waals surface area contributed by atoms with Crippen LogP contribution in [-0.4, -0.2) is 26.8 Å². The number of carbonyl (C=O) groups is 1. The lowest BCUT2D eigenvalue weighted by molar-refractivity contribution is 0.102. The molecule has 0 radical (unpaired) electrons. The summed E-state index contributed by atoms with van der Waals surface area (Å²) < 4.78 is 3.37. The van der Waals surface area contributed by atoms with Gasteiger partial charge in [0.2, 0.25) is 0 Å². The number of hydrogen-bond donors (Lipinski definition) is 2. The minimum atomic E-state index is -0.307. The molecule has 0 spiro atoms. The van der Waals surface area contributed by atoms with Crippen LogP contribution in [0.5, 0.6) is 0 Å². The highest BCUT2D eigenvalue weighted by Crippen LogP contribution is 2.24. The number of hydrogen-bond acceptors (Lipinski definition) is 4. The molecule has 3 rings (SSSR count). The molecular formula is C14H17N5O2. The highest BCUT2D eigenvalue weighted by molar-refractivity contribution is 6.05. The Morgan fingerprint density at radius 1 is 1.52 bits per heavy atom. The molecule has 2 aromatic rings. The Morgan fingerprint density at radius 3 is 3.14 bits per heavy atom. The number of fused-ring (bicyclic) bond motifs is 1. The summed E-state index contributed by atoms with van der Waals surface area (Å²) in [5.41, 5.74) is 0.806. The fourth-order valence-corrected chi connectivity index (χ4v) is 2.37. The molecule has 3 heterocycles. The van der Waals surface area contributed by atoms with E-state index in [-0.39, 0.29) is 11.5 Å². The van der Waals surface area contributed by atoms with Crippen molar-refractivity contribution in [2.24, 2.45) is 0 Å². The minimum absolute atomic E-state index is 0.180. The second-order valence-corrected chi connectivity index (χ2v) is 4.90. The van der Waals surface area contributed by atoms with Gasteiger partial charge in [-0.3, -0.25) is 9.59 Å². The summed E-state index contributed by atoms with van der Waals surface area (Å²) in [5, 5.41) is 10.2. The Balaban J connectivity index is 1.82. The molecule has 0 aliphatic carbocycles. The first kappa shape index (κ1) is 13.4. The summed E-state index contributed by atoms with van der Waals surface area (Å²) in [7, 11) is 0. The third kappa shape index (κ3) is 2.54. The monoisotopic (exact) mass is 287 g/mol. The highest BCUT2D eigenvalue weighted by Gasteiger charge is 2.17. The van der Waals surface area contributed by atoms with E-state index in [1.807, 2.05) is 11.6 Å². The Hall–Kier alpha value is -2.57. The molecule has 0 saturated heterocycles. The van der Waals surface area contributed by atoms with Crippen molar-refractivity contribution >= 4 is 17.4 Å². The van der Waals surface area contributed by atoms with Crippen LogP contribution in [0, 0.1) is 0 Å². The lowest BCUT2D eigenvalue weighted by Gasteiger charge is -2.17. The topological polar surface area (TPSA) is 81.0 Å². The minimum Gasteiger partial charge on any atom is -0.368 e. The maximum Gasteiger partial charge on any atom is 0.256 e.